The first kappa shape index (κ1) is 20.0. The van der Waals surface area contributed by atoms with E-state index in [2.05, 4.69) is 88.2 Å². The smallest absolute Gasteiger partial charge is 0.135 e. The predicted molar refractivity (Wildman–Crippen MR) is 126 cm³/mol. The predicted octanol–water partition coefficient (Wildman–Crippen LogP) is 6.19. The second-order valence-electron chi connectivity index (χ2n) is 6.79. The number of hydrogen-bond donors (Lipinski definition) is 0. The van der Waals surface area contributed by atoms with Gasteiger partial charge in [0.15, 0.2) is 6.33 Å². The van der Waals surface area contributed by atoms with E-state index in [0.717, 1.165) is 11.3 Å². The Kier molecular flexibility index (Phi) is 6.74. The Morgan fingerprint density at radius 1 is 0.516 bits per heavy atom. The van der Waals surface area contributed by atoms with Crippen molar-refractivity contribution in [1.29, 1.82) is 0 Å². The standard InChI is InChI=1S/C15H12N4.C12H10/c1-2-4-13(5-3-1)6-7-14-8-10-15(11-9-14)19-17-12-16-18-19;1-3-7-11(8-4-1)12-9-5-2-6-10-12/h1-12H;1-10H. The van der Waals surface area contributed by atoms with E-state index in [9.17, 15) is 0 Å². The van der Waals surface area contributed by atoms with E-state index in [1.807, 2.05) is 54.6 Å². The summed E-state index contributed by atoms with van der Waals surface area (Å²) < 4.78 is 0. The molecule has 0 amide bonds. The maximum atomic E-state index is 3.99. The summed E-state index contributed by atoms with van der Waals surface area (Å²) in [5.41, 5.74) is 5.77. The van der Waals surface area contributed by atoms with E-state index >= 15 is 0 Å². The fourth-order valence-electron chi connectivity index (χ4n) is 3.02. The van der Waals surface area contributed by atoms with Crippen molar-refractivity contribution >= 4 is 12.2 Å². The molecule has 0 atom stereocenters. The van der Waals surface area contributed by atoms with Crippen LogP contribution in [0.25, 0.3) is 29.0 Å². The highest BCUT2D eigenvalue weighted by molar-refractivity contribution is 5.69. The topological polar surface area (TPSA) is 43.6 Å². The van der Waals surface area contributed by atoms with Crippen LogP contribution >= 0.6 is 0 Å². The third-order valence-corrected chi connectivity index (χ3v) is 4.62. The Labute approximate surface area is 182 Å². The van der Waals surface area contributed by atoms with Crippen LogP contribution in [0.15, 0.2) is 122 Å². The summed E-state index contributed by atoms with van der Waals surface area (Å²) in [5.74, 6) is 0. The normalized spacial score (nSPS) is 10.5. The molecule has 0 unspecified atom stereocenters. The molecule has 0 spiro atoms. The van der Waals surface area contributed by atoms with Gasteiger partial charge in [0.25, 0.3) is 0 Å². The zero-order chi connectivity index (χ0) is 21.1. The van der Waals surface area contributed by atoms with Crippen LogP contribution in [0.2, 0.25) is 0 Å². The van der Waals surface area contributed by atoms with Gasteiger partial charge in [-0.05, 0) is 39.6 Å². The fraction of sp³-hybridized carbons (Fsp3) is 0. The van der Waals surface area contributed by atoms with Gasteiger partial charge in [-0.2, -0.15) is 0 Å². The molecule has 4 nitrogen and oxygen atoms in total. The van der Waals surface area contributed by atoms with Crippen LogP contribution in [-0.4, -0.2) is 20.2 Å². The molecule has 0 saturated heterocycles. The summed E-state index contributed by atoms with van der Waals surface area (Å²) in [5, 5.41) is 11.5. The quantitative estimate of drug-likeness (QED) is 0.337. The highest BCUT2D eigenvalue weighted by Crippen LogP contribution is 2.17. The number of tetrazole rings is 1. The van der Waals surface area contributed by atoms with Gasteiger partial charge >= 0.3 is 0 Å². The number of hydrogen-bond acceptors (Lipinski definition) is 3. The van der Waals surface area contributed by atoms with Gasteiger partial charge in [0, 0.05) is 0 Å². The third kappa shape index (κ3) is 5.84. The molecule has 0 bridgehead atoms. The summed E-state index contributed by atoms with van der Waals surface area (Å²) >= 11 is 0. The lowest BCUT2D eigenvalue weighted by molar-refractivity contribution is 0.720. The molecule has 0 aliphatic heterocycles. The van der Waals surface area contributed by atoms with Gasteiger partial charge < -0.3 is 0 Å². The Bertz CT molecular complexity index is 1150. The molecule has 1 heterocycles. The van der Waals surface area contributed by atoms with Crippen molar-refractivity contribution < 1.29 is 0 Å². The Hall–Kier alpha value is -4.31. The Morgan fingerprint density at radius 3 is 1.48 bits per heavy atom. The SMILES string of the molecule is C(=Cc1ccc(-n2ncnn2)cc1)c1ccccc1.c1ccc(-c2ccccc2)cc1. The van der Waals surface area contributed by atoms with Crippen LogP contribution in [0, 0.1) is 0 Å². The lowest BCUT2D eigenvalue weighted by Crippen LogP contribution is -1.98. The number of benzene rings is 4. The maximum Gasteiger partial charge on any atom is 0.162 e. The largest absolute Gasteiger partial charge is 0.162 e. The first-order valence-corrected chi connectivity index (χ1v) is 10.1. The van der Waals surface area contributed by atoms with E-state index in [4.69, 9.17) is 0 Å². The molecule has 0 aliphatic rings. The van der Waals surface area contributed by atoms with Crippen LogP contribution in [0.1, 0.15) is 11.1 Å². The van der Waals surface area contributed by atoms with Crippen molar-refractivity contribution in [3.63, 3.8) is 0 Å². The molecule has 0 saturated carbocycles. The van der Waals surface area contributed by atoms with Gasteiger partial charge in [-0.1, -0.05) is 115 Å². The molecular weight excluding hydrogens is 380 g/mol. The van der Waals surface area contributed by atoms with Gasteiger partial charge in [0.1, 0.15) is 0 Å². The van der Waals surface area contributed by atoms with Crippen molar-refractivity contribution in [2.45, 2.75) is 0 Å². The molecule has 5 aromatic rings. The molecular formula is C27H22N4. The van der Waals surface area contributed by atoms with Crippen LogP contribution in [0.4, 0.5) is 0 Å². The summed E-state index contributed by atoms with van der Waals surface area (Å²) in [6, 6.07) is 39.0. The lowest BCUT2D eigenvalue weighted by atomic mass is 10.1. The van der Waals surface area contributed by atoms with Crippen LogP contribution in [-0.2, 0) is 0 Å². The Balaban J connectivity index is 0.000000166. The molecule has 4 heteroatoms. The minimum Gasteiger partial charge on any atom is -0.135 e. The van der Waals surface area contributed by atoms with E-state index in [1.165, 1.54) is 27.8 Å². The summed E-state index contributed by atoms with van der Waals surface area (Å²) in [6.45, 7) is 0. The maximum absolute atomic E-state index is 3.99. The van der Waals surface area contributed by atoms with Gasteiger partial charge in [0.05, 0.1) is 5.69 Å². The molecule has 0 fully saturated rings. The summed E-state index contributed by atoms with van der Waals surface area (Å²) in [6.07, 6.45) is 5.58. The molecule has 5 rings (SSSR count). The average Bonchev–Trinajstić information content (AvgIpc) is 3.40. The van der Waals surface area contributed by atoms with Crippen molar-refractivity contribution in [3.05, 3.63) is 133 Å². The van der Waals surface area contributed by atoms with Crippen molar-refractivity contribution in [2.75, 3.05) is 0 Å². The van der Waals surface area contributed by atoms with Gasteiger partial charge in [-0.15, -0.1) is 15.0 Å². The highest BCUT2D eigenvalue weighted by atomic mass is 15.6. The number of rotatable bonds is 4. The van der Waals surface area contributed by atoms with E-state index in [0.29, 0.717) is 0 Å². The lowest BCUT2D eigenvalue weighted by Gasteiger charge is -1.99. The van der Waals surface area contributed by atoms with Crippen molar-refractivity contribution in [2.24, 2.45) is 0 Å². The molecule has 1 aromatic heterocycles. The van der Waals surface area contributed by atoms with Crippen molar-refractivity contribution in [3.8, 4) is 16.8 Å². The van der Waals surface area contributed by atoms with Gasteiger partial charge in [-0.3, -0.25) is 0 Å². The highest BCUT2D eigenvalue weighted by Gasteiger charge is 1.97. The number of nitrogens with zero attached hydrogens (tertiary/aromatic N) is 4. The Morgan fingerprint density at radius 2 is 1.00 bits per heavy atom. The van der Waals surface area contributed by atoms with E-state index in [-0.39, 0.29) is 0 Å². The molecule has 31 heavy (non-hydrogen) atoms. The van der Waals surface area contributed by atoms with Crippen LogP contribution in [0.3, 0.4) is 0 Å². The first-order valence-electron chi connectivity index (χ1n) is 10.1. The second-order valence-corrected chi connectivity index (χ2v) is 6.79. The monoisotopic (exact) mass is 402 g/mol. The minimum atomic E-state index is 0.898. The molecule has 0 aliphatic carbocycles. The second kappa shape index (κ2) is 10.5. The van der Waals surface area contributed by atoms with Gasteiger partial charge in [0.2, 0.25) is 0 Å². The molecule has 0 N–H and O–H groups in total. The summed E-state index contributed by atoms with van der Waals surface area (Å²) in [4.78, 5) is 1.49. The molecule has 150 valence electrons. The zero-order valence-electron chi connectivity index (χ0n) is 17.0. The van der Waals surface area contributed by atoms with Crippen LogP contribution < -0.4 is 0 Å². The van der Waals surface area contributed by atoms with Gasteiger partial charge in [-0.25, -0.2) is 0 Å². The third-order valence-electron chi connectivity index (χ3n) is 4.62. The number of aromatic nitrogens is 4. The zero-order valence-corrected chi connectivity index (χ0v) is 17.0. The molecule has 0 radical (unpaired) electrons. The minimum absolute atomic E-state index is 0.898. The fourth-order valence-corrected chi connectivity index (χ4v) is 3.02. The first-order chi connectivity index (χ1) is 15.4. The van der Waals surface area contributed by atoms with Crippen LogP contribution in [0.5, 0.6) is 0 Å². The van der Waals surface area contributed by atoms with E-state index < -0.39 is 0 Å². The molecule has 4 aromatic carbocycles. The van der Waals surface area contributed by atoms with E-state index in [1.54, 1.807) is 0 Å². The average molecular weight is 403 g/mol. The van der Waals surface area contributed by atoms with Crippen molar-refractivity contribution in [1.82, 2.24) is 20.2 Å². The summed E-state index contributed by atoms with van der Waals surface area (Å²) in [7, 11) is 0.